The summed E-state index contributed by atoms with van der Waals surface area (Å²) in [6.07, 6.45) is 15.5. The Labute approximate surface area is 179 Å². The van der Waals surface area contributed by atoms with Crippen molar-refractivity contribution in [1.82, 2.24) is 0 Å². The van der Waals surface area contributed by atoms with Gasteiger partial charge in [0.15, 0.2) is 0 Å². The molecule has 0 bridgehead atoms. The van der Waals surface area contributed by atoms with E-state index in [9.17, 15) is 10.2 Å². The molecule has 0 saturated carbocycles. The average Bonchev–Trinajstić information content (AvgIpc) is 3.05. The van der Waals surface area contributed by atoms with Crippen molar-refractivity contribution < 1.29 is 10.2 Å². The zero-order valence-electron chi connectivity index (χ0n) is 16.0. The fourth-order valence-corrected chi connectivity index (χ4v) is 7.75. The Morgan fingerprint density at radius 3 is 2.19 bits per heavy atom. The fraction of sp³-hybridized carbons (Fsp3) is 0.600. The van der Waals surface area contributed by atoms with E-state index in [4.69, 9.17) is 0 Å². The lowest BCUT2D eigenvalue weighted by Gasteiger charge is -2.10. The van der Waals surface area contributed by atoms with Gasteiger partial charge in [-0.05, 0) is 41.3 Å². The Balaban J connectivity index is 1.66. The lowest BCUT2D eigenvalue weighted by Crippen LogP contribution is -1.89. The van der Waals surface area contributed by atoms with Crippen LogP contribution in [0, 0.1) is 0 Å². The Hall–Kier alpha value is -0.240. The molecule has 0 aliphatic carbocycles. The van der Waals surface area contributed by atoms with E-state index in [-0.39, 0.29) is 20.3 Å². The van der Waals surface area contributed by atoms with Crippen molar-refractivity contribution in [2.24, 2.45) is 4.36 Å². The summed E-state index contributed by atoms with van der Waals surface area (Å²) in [6, 6.07) is 3.38. The molecule has 0 aromatic heterocycles. The summed E-state index contributed by atoms with van der Waals surface area (Å²) in [7, 11) is 1.24. The number of phenols is 2. The molecule has 1 heterocycles. The highest BCUT2D eigenvalue weighted by molar-refractivity contribution is 9.00. The van der Waals surface area contributed by atoms with E-state index in [2.05, 4.69) is 22.9 Å². The summed E-state index contributed by atoms with van der Waals surface area (Å²) in [4.78, 5) is 0.667. The number of aromatic hydroxyl groups is 2. The Morgan fingerprint density at radius 1 is 0.963 bits per heavy atom. The van der Waals surface area contributed by atoms with Crippen LogP contribution in [0.3, 0.4) is 0 Å². The van der Waals surface area contributed by atoms with E-state index in [1.807, 2.05) is 0 Å². The number of thioether (sulfide) groups is 1. The number of benzene rings is 1. The van der Waals surface area contributed by atoms with Crippen molar-refractivity contribution in [3.63, 3.8) is 0 Å². The molecule has 152 valence electrons. The number of nitrogens with zero attached hydrogens (tertiary/aromatic N) is 1. The summed E-state index contributed by atoms with van der Waals surface area (Å²) in [5.74, 6) is 0.504. The molecule has 1 atom stereocenters. The van der Waals surface area contributed by atoms with Crippen LogP contribution in [0.5, 0.6) is 11.5 Å². The molecule has 2 N–H and O–H groups in total. The summed E-state index contributed by atoms with van der Waals surface area (Å²) in [6.45, 7) is 2.25. The van der Waals surface area contributed by atoms with Crippen LogP contribution in [0.1, 0.15) is 76.7 Å². The van der Waals surface area contributed by atoms with Gasteiger partial charge in [-0.1, -0.05) is 88.1 Å². The lowest BCUT2D eigenvalue weighted by molar-refractivity contribution is 0.442. The van der Waals surface area contributed by atoms with Gasteiger partial charge >= 0.3 is 0 Å². The maximum atomic E-state index is 10.3. The normalized spacial score (nSPS) is 16.4. The third-order valence-electron chi connectivity index (χ3n) is 4.58. The first-order chi connectivity index (χ1) is 13.1. The number of phenolic OH excluding ortho intramolecular Hbond substituents is 2. The van der Waals surface area contributed by atoms with E-state index < -0.39 is 0 Å². The second-order valence-corrected chi connectivity index (χ2v) is 12.7. The molecule has 3 nitrogen and oxygen atoms in total. The van der Waals surface area contributed by atoms with Crippen LogP contribution < -0.4 is 0 Å². The minimum absolute atomic E-state index is 0.229. The first-order valence-electron chi connectivity index (χ1n) is 9.85. The van der Waals surface area contributed by atoms with Crippen molar-refractivity contribution in [3.05, 3.63) is 28.1 Å². The molecule has 1 aliphatic rings. The fourth-order valence-electron chi connectivity index (χ4n) is 3.04. The van der Waals surface area contributed by atoms with Crippen molar-refractivity contribution in [2.75, 3.05) is 0 Å². The number of aryl methyl sites for hydroxylation is 1. The Bertz CT molecular complexity index is 662. The van der Waals surface area contributed by atoms with Crippen LogP contribution in [0.4, 0.5) is 0 Å². The van der Waals surface area contributed by atoms with Gasteiger partial charge in [0.1, 0.15) is 11.5 Å². The van der Waals surface area contributed by atoms with Gasteiger partial charge in [0, 0.05) is 8.76 Å². The summed E-state index contributed by atoms with van der Waals surface area (Å²) in [5.41, 5.74) is 0.836. The third kappa shape index (κ3) is 8.75. The molecule has 1 aromatic rings. The van der Waals surface area contributed by atoms with Crippen molar-refractivity contribution in [2.45, 2.75) is 82.4 Å². The molecule has 1 aromatic carbocycles. The SMILES string of the molecule is CCCCCCCCCCCCc1cc(O)c(SC2=CN=S(S)S2)cc1O. The van der Waals surface area contributed by atoms with Gasteiger partial charge in [0.2, 0.25) is 0 Å². The zero-order valence-corrected chi connectivity index (χ0v) is 19.4. The highest BCUT2D eigenvalue weighted by atomic mass is 33.5. The molecular formula is C20H31NO2S4. The number of unbranched alkanes of at least 4 members (excludes halogenated alkanes) is 9. The van der Waals surface area contributed by atoms with Crippen molar-refractivity contribution >= 4 is 43.0 Å². The van der Waals surface area contributed by atoms with Gasteiger partial charge in [-0.2, -0.15) is 0 Å². The van der Waals surface area contributed by atoms with Crippen LogP contribution in [0.15, 0.2) is 31.8 Å². The molecule has 0 amide bonds. The number of hydrogen-bond donors (Lipinski definition) is 3. The van der Waals surface area contributed by atoms with Gasteiger partial charge in [-0.15, -0.1) is 0 Å². The predicted octanol–water partition coefficient (Wildman–Crippen LogP) is 7.76. The van der Waals surface area contributed by atoms with Gasteiger partial charge in [-0.3, -0.25) is 0 Å². The number of rotatable bonds is 13. The standard InChI is InChI=1S/C20H31NO2S4/c1-2-3-4-5-6-7-8-9-10-11-12-16-13-18(23)19(14-17(16)22)25-20-15-21-27(24)26-20/h13-15,22-23H,2-12H2,1H3,(H,21,24). The van der Waals surface area contributed by atoms with E-state index in [0.717, 1.165) is 22.6 Å². The largest absolute Gasteiger partial charge is 0.508 e. The maximum absolute atomic E-state index is 10.3. The average molecular weight is 446 g/mol. The van der Waals surface area contributed by atoms with Gasteiger partial charge in [0.25, 0.3) is 0 Å². The highest BCUT2D eigenvalue weighted by Crippen LogP contribution is 2.46. The quantitative estimate of drug-likeness (QED) is 0.126. The van der Waals surface area contributed by atoms with E-state index >= 15 is 0 Å². The van der Waals surface area contributed by atoms with Crippen LogP contribution in [-0.2, 0) is 15.2 Å². The Morgan fingerprint density at radius 2 is 1.59 bits per heavy atom. The summed E-state index contributed by atoms with van der Waals surface area (Å²) < 4.78 is 5.19. The topological polar surface area (TPSA) is 52.8 Å². The van der Waals surface area contributed by atoms with Crippen LogP contribution >= 0.6 is 34.2 Å². The van der Waals surface area contributed by atoms with E-state index in [1.54, 1.807) is 29.1 Å². The van der Waals surface area contributed by atoms with E-state index in [0.29, 0.717) is 4.90 Å². The van der Waals surface area contributed by atoms with Crippen LogP contribution in [0.25, 0.3) is 0 Å². The molecule has 27 heavy (non-hydrogen) atoms. The second kappa shape index (κ2) is 13.1. The van der Waals surface area contributed by atoms with Crippen LogP contribution in [0.2, 0.25) is 0 Å². The molecule has 1 aliphatic heterocycles. The molecule has 2 rings (SSSR count). The summed E-state index contributed by atoms with van der Waals surface area (Å²) in [5, 5.41) is 20.6. The summed E-state index contributed by atoms with van der Waals surface area (Å²) >= 11 is 5.74. The second-order valence-electron chi connectivity index (χ2n) is 6.85. The monoisotopic (exact) mass is 445 g/mol. The highest BCUT2D eigenvalue weighted by Gasteiger charge is 2.14. The predicted molar refractivity (Wildman–Crippen MR) is 126 cm³/mol. The molecule has 0 spiro atoms. The third-order valence-corrected chi connectivity index (χ3v) is 9.15. The van der Waals surface area contributed by atoms with Gasteiger partial charge in [0.05, 0.1) is 15.3 Å². The smallest absolute Gasteiger partial charge is 0.130 e. The zero-order chi connectivity index (χ0) is 19.5. The van der Waals surface area contributed by atoms with Crippen LogP contribution in [-0.4, -0.2) is 10.2 Å². The van der Waals surface area contributed by atoms with Gasteiger partial charge < -0.3 is 10.2 Å². The molecule has 0 fully saturated rings. The lowest BCUT2D eigenvalue weighted by atomic mass is 10.0. The minimum Gasteiger partial charge on any atom is -0.508 e. The first kappa shape index (κ1) is 23.0. The van der Waals surface area contributed by atoms with E-state index in [1.165, 1.54) is 69.5 Å². The Kier molecular flexibility index (Phi) is 11.2. The minimum atomic E-state index is -0.325. The number of thiol groups is 1. The molecular weight excluding hydrogens is 414 g/mol. The molecule has 0 saturated heterocycles. The molecule has 1 unspecified atom stereocenters. The maximum Gasteiger partial charge on any atom is 0.130 e. The van der Waals surface area contributed by atoms with Gasteiger partial charge in [-0.25, -0.2) is 4.36 Å². The van der Waals surface area contributed by atoms with Crippen molar-refractivity contribution in [3.8, 4) is 11.5 Å². The molecule has 7 heteroatoms. The first-order valence-corrected chi connectivity index (χ1v) is 14.2. The number of hydrogen-bond acceptors (Lipinski definition) is 5. The molecule has 0 radical (unpaired) electrons. The van der Waals surface area contributed by atoms with Crippen molar-refractivity contribution in [1.29, 1.82) is 0 Å².